The standard InChI is InChI=1S/C34H46N2O4/c1-25(37)40-32-21-29(35-33(38)15-8-4-7-12-26-10-5-3-6-11-26)22-34(28-13-9-14-30(20-28)39-2)18-19-36(24-31(32)34)23-27-16-17-27/h3,5-6,9-11,13-14,20,27,29,31-32H,4,7-8,12,15-19,21-24H2,1-2H3,(H,35,38)/t29-,31+,32?,34+/m1/s1. The number of esters is 1. The molecule has 1 unspecified atom stereocenters. The molecule has 1 amide bonds. The normalized spacial score (nSPS) is 26.5. The van der Waals surface area contributed by atoms with E-state index in [1.165, 1.54) is 30.9 Å². The smallest absolute Gasteiger partial charge is 0.302 e. The van der Waals surface area contributed by atoms with Crippen LogP contribution in [0.25, 0.3) is 0 Å². The van der Waals surface area contributed by atoms with Crippen LogP contribution >= 0.6 is 0 Å². The molecule has 5 rings (SSSR count). The SMILES string of the molecule is COc1cccc([C@@]23CCN(CC4CC4)C[C@H]2C(OC(C)=O)C[C@@H](NC(=O)CCCCCc2ccccc2)C3)c1. The molecule has 2 aromatic rings. The number of rotatable bonds is 12. The van der Waals surface area contributed by atoms with Crippen molar-refractivity contribution in [3.8, 4) is 5.75 Å². The van der Waals surface area contributed by atoms with Gasteiger partial charge in [-0.1, -0.05) is 48.9 Å². The molecule has 1 saturated heterocycles. The Morgan fingerprint density at radius 2 is 1.88 bits per heavy atom. The highest BCUT2D eigenvalue weighted by atomic mass is 16.5. The van der Waals surface area contributed by atoms with Crippen molar-refractivity contribution in [3.05, 3.63) is 65.7 Å². The minimum atomic E-state index is -0.241. The Morgan fingerprint density at radius 1 is 1.05 bits per heavy atom. The third-order valence-electron chi connectivity index (χ3n) is 9.37. The van der Waals surface area contributed by atoms with Crippen LogP contribution in [0.2, 0.25) is 0 Å². The lowest BCUT2D eigenvalue weighted by Crippen LogP contribution is -2.61. The van der Waals surface area contributed by atoms with Crippen molar-refractivity contribution in [2.75, 3.05) is 26.7 Å². The van der Waals surface area contributed by atoms with E-state index in [4.69, 9.17) is 9.47 Å². The van der Waals surface area contributed by atoms with Crippen LogP contribution in [-0.2, 0) is 26.2 Å². The lowest BCUT2D eigenvalue weighted by atomic mass is 9.57. The van der Waals surface area contributed by atoms with Crippen LogP contribution < -0.4 is 10.1 Å². The van der Waals surface area contributed by atoms with Crippen molar-refractivity contribution in [2.24, 2.45) is 11.8 Å². The number of nitrogens with one attached hydrogen (secondary N) is 1. The Bertz CT molecular complexity index is 1130. The van der Waals surface area contributed by atoms with Gasteiger partial charge in [0.25, 0.3) is 0 Å². The van der Waals surface area contributed by atoms with Gasteiger partial charge in [0.1, 0.15) is 11.9 Å². The van der Waals surface area contributed by atoms with E-state index in [9.17, 15) is 9.59 Å². The lowest BCUT2D eigenvalue weighted by Gasteiger charge is -2.55. The van der Waals surface area contributed by atoms with Crippen LogP contribution in [0.3, 0.4) is 0 Å². The van der Waals surface area contributed by atoms with Gasteiger partial charge in [-0.25, -0.2) is 0 Å². The highest BCUT2D eigenvalue weighted by Crippen LogP contribution is 2.51. The van der Waals surface area contributed by atoms with Crippen molar-refractivity contribution in [1.29, 1.82) is 0 Å². The molecule has 4 atom stereocenters. The van der Waals surface area contributed by atoms with Crippen LogP contribution in [-0.4, -0.2) is 55.7 Å². The minimum Gasteiger partial charge on any atom is -0.497 e. The summed E-state index contributed by atoms with van der Waals surface area (Å²) < 4.78 is 11.7. The summed E-state index contributed by atoms with van der Waals surface area (Å²) in [7, 11) is 1.71. The summed E-state index contributed by atoms with van der Waals surface area (Å²) in [5.41, 5.74) is 2.41. The number of amides is 1. The maximum atomic E-state index is 13.1. The first-order chi connectivity index (χ1) is 19.4. The molecule has 216 valence electrons. The minimum absolute atomic E-state index is 0.0291. The van der Waals surface area contributed by atoms with Gasteiger partial charge in [-0.3, -0.25) is 9.59 Å². The van der Waals surface area contributed by atoms with Gasteiger partial charge in [0.05, 0.1) is 7.11 Å². The molecule has 1 aliphatic heterocycles. The quantitative estimate of drug-likeness (QED) is 0.274. The molecule has 2 aliphatic carbocycles. The van der Waals surface area contributed by atoms with Crippen molar-refractivity contribution in [1.82, 2.24) is 10.2 Å². The van der Waals surface area contributed by atoms with Gasteiger partial charge in [0.2, 0.25) is 5.91 Å². The molecule has 0 bridgehead atoms. The second-order valence-electron chi connectivity index (χ2n) is 12.3. The number of fused-ring (bicyclic) bond motifs is 1. The van der Waals surface area contributed by atoms with Crippen LogP contribution in [0.5, 0.6) is 5.75 Å². The zero-order valence-electron chi connectivity index (χ0n) is 24.3. The van der Waals surface area contributed by atoms with Crippen LogP contribution in [0, 0.1) is 11.8 Å². The van der Waals surface area contributed by atoms with Gasteiger partial charge < -0.3 is 19.7 Å². The molecule has 3 aliphatic rings. The fourth-order valence-corrected chi connectivity index (χ4v) is 7.21. The number of likely N-dealkylation sites (tertiary alicyclic amines) is 1. The number of carbonyl (C=O) groups excluding carboxylic acids is 2. The molecule has 3 fully saturated rings. The number of unbranched alkanes of at least 4 members (excludes halogenated alkanes) is 2. The molecule has 2 saturated carbocycles. The van der Waals surface area contributed by atoms with Crippen molar-refractivity contribution < 1.29 is 19.1 Å². The molecule has 1 N–H and O–H groups in total. The molecule has 0 spiro atoms. The molecule has 2 aromatic carbocycles. The summed E-state index contributed by atoms with van der Waals surface area (Å²) in [5, 5.41) is 3.37. The molecule has 1 heterocycles. The molecule has 0 aromatic heterocycles. The second kappa shape index (κ2) is 13.2. The van der Waals surface area contributed by atoms with Crippen molar-refractivity contribution >= 4 is 11.9 Å². The molecular weight excluding hydrogens is 500 g/mol. The zero-order valence-corrected chi connectivity index (χ0v) is 24.3. The zero-order chi connectivity index (χ0) is 28.0. The Kier molecular flexibility index (Phi) is 9.46. The molecular formula is C34H46N2O4. The number of hydrogen-bond donors (Lipinski definition) is 1. The predicted molar refractivity (Wildman–Crippen MR) is 157 cm³/mol. The van der Waals surface area contributed by atoms with Crippen LogP contribution in [0.4, 0.5) is 0 Å². The van der Waals surface area contributed by atoms with Crippen LogP contribution in [0.15, 0.2) is 54.6 Å². The van der Waals surface area contributed by atoms with E-state index in [0.29, 0.717) is 12.8 Å². The van der Waals surface area contributed by atoms with E-state index < -0.39 is 0 Å². The number of aryl methyl sites for hydroxylation is 1. The summed E-state index contributed by atoms with van der Waals surface area (Å²) in [6, 6.07) is 18.9. The summed E-state index contributed by atoms with van der Waals surface area (Å²) in [4.78, 5) is 28.0. The fourth-order valence-electron chi connectivity index (χ4n) is 7.21. The summed E-state index contributed by atoms with van der Waals surface area (Å²) in [5.74, 6) is 1.71. The number of hydrogen-bond acceptors (Lipinski definition) is 5. The van der Waals surface area contributed by atoms with Gasteiger partial charge in [-0.05, 0) is 80.7 Å². The number of benzene rings is 2. The third kappa shape index (κ3) is 7.25. The van der Waals surface area contributed by atoms with Crippen molar-refractivity contribution in [2.45, 2.75) is 88.7 Å². The van der Waals surface area contributed by atoms with E-state index in [1.807, 2.05) is 12.1 Å². The number of nitrogens with zero attached hydrogens (tertiary/aromatic N) is 1. The first-order valence-electron chi connectivity index (χ1n) is 15.3. The van der Waals surface area contributed by atoms with E-state index in [1.54, 1.807) is 7.11 Å². The lowest BCUT2D eigenvalue weighted by molar-refractivity contribution is -0.157. The van der Waals surface area contributed by atoms with Gasteiger partial charge in [0, 0.05) is 50.2 Å². The maximum Gasteiger partial charge on any atom is 0.302 e. The first kappa shape index (κ1) is 28.7. The van der Waals surface area contributed by atoms with Gasteiger partial charge >= 0.3 is 5.97 Å². The molecule has 6 nitrogen and oxygen atoms in total. The summed E-state index contributed by atoms with van der Waals surface area (Å²) >= 11 is 0. The average Bonchev–Trinajstić information content (AvgIpc) is 3.77. The molecule has 6 heteroatoms. The highest BCUT2D eigenvalue weighted by molar-refractivity contribution is 5.76. The average molecular weight is 547 g/mol. The van der Waals surface area contributed by atoms with E-state index >= 15 is 0 Å². The van der Waals surface area contributed by atoms with Crippen LogP contribution in [0.1, 0.15) is 75.8 Å². The van der Waals surface area contributed by atoms with Crippen molar-refractivity contribution in [3.63, 3.8) is 0 Å². The second-order valence-corrected chi connectivity index (χ2v) is 12.3. The van der Waals surface area contributed by atoms with E-state index in [-0.39, 0.29) is 35.4 Å². The first-order valence-corrected chi connectivity index (χ1v) is 15.3. The summed E-state index contributed by atoms with van der Waals surface area (Å²) in [6.07, 6.45) is 9.56. The predicted octanol–water partition coefficient (Wildman–Crippen LogP) is 5.68. The Balaban J connectivity index is 1.27. The van der Waals surface area contributed by atoms with Gasteiger partial charge in [-0.2, -0.15) is 0 Å². The molecule has 0 radical (unpaired) electrons. The van der Waals surface area contributed by atoms with Gasteiger partial charge in [-0.15, -0.1) is 0 Å². The topological polar surface area (TPSA) is 67.9 Å². The monoisotopic (exact) mass is 546 g/mol. The fraction of sp³-hybridized carbons (Fsp3) is 0.588. The highest BCUT2D eigenvalue weighted by Gasteiger charge is 2.54. The Labute approximate surface area is 239 Å². The molecule has 40 heavy (non-hydrogen) atoms. The van der Waals surface area contributed by atoms with E-state index in [2.05, 4.69) is 52.7 Å². The summed E-state index contributed by atoms with van der Waals surface area (Å²) in [6.45, 7) is 4.60. The number of methoxy groups -OCH3 is 1. The van der Waals surface area contributed by atoms with Gasteiger partial charge in [0.15, 0.2) is 0 Å². The number of ether oxygens (including phenoxy) is 2. The number of piperidine rings is 1. The van der Waals surface area contributed by atoms with E-state index in [0.717, 1.165) is 69.8 Å². The Morgan fingerprint density at radius 3 is 2.62 bits per heavy atom. The third-order valence-corrected chi connectivity index (χ3v) is 9.37. The number of carbonyl (C=O) groups is 2. The maximum absolute atomic E-state index is 13.1. The largest absolute Gasteiger partial charge is 0.497 e. The Hall–Kier alpha value is -2.86.